The number of amides is 1. The Labute approximate surface area is 231 Å². The summed E-state index contributed by atoms with van der Waals surface area (Å²) in [5.74, 6) is -9.90. The molecule has 1 aliphatic heterocycles. The molecule has 1 aliphatic rings. The third-order valence-corrected chi connectivity index (χ3v) is 6.72. The summed E-state index contributed by atoms with van der Waals surface area (Å²) in [6.07, 6.45) is 0. The van der Waals surface area contributed by atoms with Gasteiger partial charge < -0.3 is 19.9 Å². The molecule has 1 fully saturated rings. The number of thiocarbonyl (C=S) groups is 1. The van der Waals surface area contributed by atoms with Crippen LogP contribution < -0.4 is 25.2 Å². The van der Waals surface area contributed by atoms with Crippen LogP contribution in [0.3, 0.4) is 0 Å². The van der Waals surface area contributed by atoms with E-state index in [0.29, 0.717) is 27.7 Å². The van der Waals surface area contributed by atoms with E-state index in [1.807, 2.05) is 17.9 Å². The lowest BCUT2D eigenvalue weighted by Gasteiger charge is -2.38. The Hall–Kier alpha value is -3.64. The monoisotopic (exact) mass is 584 g/mol. The first kappa shape index (κ1) is 28.4. The smallest absolute Gasteiger partial charge is 0.261 e. The highest BCUT2D eigenvalue weighted by Gasteiger charge is 2.31. The van der Waals surface area contributed by atoms with Crippen LogP contribution >= 0.6 is 23.8 Å². The van der Waals surface area contributed by atoms with Crippen LogP contribution in [0.4, 0.5) is 39.0 Å². The van der Waals surface area contributed by atoms with Gasteiger partial charge in [-0.05, 0) is 49.0 Å². The number of carbonyl (C=O) groups is 1. The number of aryl methyl sites for hydroxylation is 1. The van der Waals surface area contributed by atoms with Gasteiger partial charge in [0, 0.05) is 31.9 Å². The zero-order valence-corrected chi connectivity index (χ0v) is 22.3. The van der Waals surface area contributed by atoms with E-state index in [9.17, 15) is 26.7 Å². The van der Waals surface area contributed by atoms with Gasteiger partial charge in [0.05, 0.1) is 23.4 Å². The summed E-state index contributed by atoms with van der Waals surface area (Å²) in [7, 11) is 1.47. The highest BCUT2D eigenvalue weighted by atomic mass is 35.5. The minimum atomic E-state index is -2.19. The highest BCUT2D eigenvalue weighted by molar-refractivity contribution is 7.80. The van der Waals surface area contributed by atoms with Crippen LogP contribution in [0.1, 0.15) is 15.9 Å². The number of methoxy groups -OCH3 is 1. The molecule has 1 heterocycles. The molecular weight excluding hydrogens is 563 g/mol. The van der Waals surface area contributed by atoms with Gasteiger partial charge in [-0.15, -0.1) is 0 Å². The zero-order chi connectivity index (χ0) is 28.4. The number of rotatable bonds is 5. The molecule has 0 aliphatic carbocycles. The van der Waals surface area contributed by atoms with Crippen molar-refractivity contribution in [2.24, 2.45) is 0 Å². The van der Waals surface area contributed by atoms with Crippen LogP contribution in [0.25, 0.3) is 0 Å². The average molecular weight is 585 g/mol. The number of para-hydroxylation sites is 1. The Morgan fingerprint density at radius 1 is 0.923 bits per heavy atom. The second kappa shape index (κ2) is 11.6. The molecule has 0 unspecified atom stereocenters. The molecule has 2 N–H and O–H groups in total. The summed E-state index contributed by atoms with van der Waals surface area (Å²) < 4.78 is 74.4. The number of nitrogens with one attached hydrogen (secondary N) is 2. The molecule has 39 heavy (non-hydrogen) atoms. The number of halogens is 6. The average Bonchev–Trinajstić information content (AvgIpc) is 2.91. The summed E-state index contributed by atoms with van der Waals surface area (Å²) in [6, 6.07) is 10.1. The molecule has 3 aromatic rings. The van der Waals surface area contributed by atoms with Gasteiger partial charge in [0.15, 0.2) is 28.4 Å². The van der Waals surface area contributed by atoms with Gasteiger partial charge in [-0.25, -0.2) is 22.0 Å². The van der Waals surface area contributed by atoms with E-state index in [4.69, 9.17) is 28.6 Å². The summed E-state index contributed by atoms with van der Waals surface area (Å²) in [5.41, 5.74) is 1.25. The van der Waals surface area contributed by atoms with Crippen molar-refractivity contribution >= 4 is 51.9 Å². The molecule has 13 heteroatoms. The van der Waals surface area contributed by atoms with E-state index in [1.165, 1.54) is 7.11 Å². The number of anilines is 3. The molecule has 1 amide bonds. The summed E-state index contributed by atoms with van der Waals surface area (Å²) >= 11 is 11.7. The Morgan fingerprint density at radius 3 is 2.10 bits per heavy atom. The van der Waals surface area contributed by atoms with Gasteiger partial charge in [-0.1, -0.05) is 23.7 Å². The second-order valence-electron chi connectivity index (χ2n) is 8.62. The third-order valence-electron chi connectivity index (χ3n) is 6.22. The number of benzene rings is 3. The fourth-order valence-corrected chi connectivity index (χ4v) is 4.83. The van der Waals surface area contributed by atoms with E-state index < -0.39 is 40.7 Å². The molecule has 0 radical (unpaired) electrons. The first-order valence-corrected chi connectivity index (χ1v) is 12.4. The number of piperazine rings is 1. The number of carbonyl (C=O) groups excluding carboxylic acids is 1. The first-order valence-electron chi connectivity index (χ1n) is 11.6. The van der Waals surface area contributed by atoms with Crippen LogP contribution in [0, 0.1) is 36.0 Å². The Bertz CT molecular complexity index is 1420. The normalized spacial score (nSPS) is 13.3. The SMILES string of the molecule is COc1c(C)cccc1C(=O)NC(=S)Nc1ccc(N2CCN(c3c(F)c(F)c(F)c(F)c3F)CC2)c(Cl)c1. The van der Waals surface area contributed by atoms with Crippen LogP contribution in [-0.4, -0.2) is 44.3 Å². The van der Waals surface area contributed by atoms with Gasteiger partial charge in [-0.3, -0.25) is 10.1 Å². The summed E-state index contributed by atoms with van der Waals surface area (Å²) in [4.78, 5) is 15.6. The van der Waals surface area contributed by atoms with Crippen LogP contribution in [0.2, 0.25) is 5.02 Å². The predicted octanol–water partition coefficient (Wildman–Crippen LogP) is 5.81. The zero-order valence-electron chi connectivity index (χ0n) is 20.7. The quantitative estimate of drug-likeness (QED) is 0.171. The Balaban J connectivity index is 1.40. The lowest BCUT2D eigenvalue weighted by atomic mass is 10.1. The summed E-state index contributed by atoms with van der Waals surface area (Å²) in [6.45, 7) is 2.21. The fraction of sp³-hybridized carbons (Fsp3) is 0.231. The van der Waals surface area contributed by atoms with Gasteiger partial charge in [0.2, 0.25) is 5.82 Å². The number of nitrogens with zero attached hydrogens (tertiary/aromatic N) is 2. The molecule has 0 spiro atoms. The van der Waals surface area contributed by atoms with Crippen molar-refractivity contribution in [3.63, 3.8) is 0 Å². The van der Waals surface area contributed by atoms with E-state index in [-0.39, 0.29) is 31.3 Å². The van der Waals surface area contributed by atoms with Crippen molar-refractivity contribution < 1.29 is 31.5 Å². The minimum Gasteiger partial charge on any atom is -0.496 e. The predicted molar refractivity (Wildman–Crippen MR) is 144 cm³/mol. The summed E-state index contributed by atoms with van der Waals surface area (Å²) in [5, 5.41) is 5.82. The van der Waals surface area contributed by atoms with Crippen molar-refractivity contribution in [2.75, 3.05) is 48.4 Å². The number of hydrogen-bond acceptors (Lipinski definition) is 5. The maximum absolute atomic E-state index is 14.2. The first-order chi connectivity index (χ1) is 18.5. The van der Waals surface area contributed by atoms with E-state index >= 15 is 0 Å². The molecule has 1 saturated heterocycles. The van der Waals surface area contributed by atoms with Crippen LogP contribution in [0.15, 0.2) is 36.4 Å². The van der Waals surface area contributed by atoms with Gasteiger partial charge in [0.25, 0.3) is 5.91 Å². The number of hydrogen-bond donors (Lipinski definition) is 2. The molecule has 4 rings (SSSR count). The standard InChI is InChI=1S/C26H22ClF5N4O2S/c1-13-4-3-5-15(24(13)38-2)25(37)34-26(39)33-14-6-7-17(16(27)12-14)35-8-10-36(11-9-35)23-21(31)19(29)18(28)20(30)22(23)32/h3-7,12H,8-11H2,1-2H3,(H2,33,34,37,39). The maximum Gasteiger partial charge on any atom is 0.261 e. The van der Waals surface area contributed by atoms with Crippen molar-refractivity contribution in [1.82, 2.24) is 5.32 Å². The van der Waals surface area contributed by atoms with Crippen molar-refractivity contribution in [2.45, 2.75) is 6.92 Å². The Morgan fingerprint density at radius 2 is 1.51 bits per heavy atom. The molecule has 0 aromatic heterocycles. The third kappa shape index (κ3) is 5.71. The molecule has 3 aromatic carbocycles. The highest BCUT2D eigenvalue weighted by Crippen LogP contribution is 2.33. The van der Waals surface area contributed by atoms with Crippen molar-refractivity contribution in [3.8, 4) is 5.75 Å². The fourth-order valence-electron chi connectivity index (χ4n) is 4.32. The van der Waals surface area contributed by atoms with Crippen LogP contribution in [0.5, 0.6) is 5.75 Å². The Kier molecular flexibility index (Phi) is 8.45. The van der Waals surface area contributed by atoms with Crippen LogP contribution in [-0.2, 0) is 0 Å². The topological polar surface area (TPSA) is 56.8 Å². The van der Waals surface area contributed by atoms with Gasteiger partial charge in [0.1, 0.15) is 11.4 Å². The van der Waals surface area contributed by atoms with E-state index in [0.717, 1.165) is 10.5 Å². The minimum absolute atomic E-state index is 0.00672. The maximum atomic E-state index is 14.2. The largest absolute Gasteiger partial charge is 0.496 e. The van der Waals surface area contributed by atoms with E-state index in [2.05, 4.69) is 10.6 Å². The molecule has 206 valence electrons. The molecule has 0 bridgehead atoms. The second-order valence-corrected chi connectivity index (χ2v) is 9.44. The molecule has 0 atom stereocenters. The van der Waals surface area contributed by atoms with Gasteiger partial charge in [-0.2, -0.15) is 0 Å². The van der Waals surface area contributed by atoms with Crippen molar-refractivity contribution in [3.05, 3.63) is 81.6 Å². The van der Waals surface area contributed by atoms with Crippen molar-refractivity contribution in [1.29, 1.82) is 0 Å². The lowest BCUT2D eigenvalue weighted by molar-refractivity contribution is 0.0974. The molecular formula is C26H22ClF5N4O2S. The molecule has 0 saturated carbocycles. The lowest BCUT2D eigenvalue weighted by Crippen LogP contribution is -2.47. The molecule has 6 nitrogen and oxygen atoms in total. The number of ether oxygens (including phenoxy) is 1. The van der Waals surface area contributed by atoms with E-state index in [1.54, 1.807) is 30.3 Å². The van der Waals surface area contributed by atoms with Gasteiger partial charge >= 0.3 is 0 Å².